The lowest BCUT2D eigenvalue weighted by Crippen LogP contribution is -2.38. The molecule has 0 unspecified atom stereocenters. The van der Waals surface area contributed by atoms with Crippen LogP contribution >= 0.6 is 0 Å². The zero-order chi connectivity index (χ0) is 24.2. The number of para-hydroxylation sites is 1. The minimum absolute atomic E-state index is 0.120. The Labute approximate surface area is 203 Å². The molecular weight excluding hydrogens is 442 g/mol. The topological polar surface area (TPSA) is 98.3 Å². The first-order chi connectivity index (χ1) is 17.1. The van der Waals surface area contributed by atoms with E-state index in [-0.39, 0.29) is 17.9 Å². The van der Waals surface area contributed by atoms with E-state index in [4.69, 9.17) is 9.47 Å². The molecule has 1 aliphatic rings. The molecule has 2 aromatic heterocycles. The van der Waals surface area contributed by atoms with Gasteiger partial charge >= 0.3 is 0 Å². The van der Waals surface area contributed by atoms with Crippen molar-refractivity contribution < 1.29 is 14.3 Å². The Kier molecular flexibility index (Phi) is 6.54. The van der Waals surface area contributed by atoms with Crippen LogP contribution in [-0.4, -0.2) is 53.8 Å². The Morgan fingerprint density at radius 2 is 1.94 bits per heavy atom. The van der Waals surface area contributed by atoms with Crippen LogP contribution in [0.2, 0.25) is 0 Å². The summed E-state index contributed by atoms with van der Waals surface area (Å²) >= 11 is 0. The Bertz CT molecular complexity index is 1340. The van der Waals surface area contributed by atoms with Crippen molar-refractivity contribution in [2.45, 2.75) is 18.9 Å². The number of rotatable bonds is 8. The summed E-state index contributed by atoms with van der Waals surface area (Å²) in [6.45, 7) is 4.07. The van der Waals surface area contributed by atoms with Gasteiger partial charge in [0.2, 0.25) is 0 Å². The highest BCUT2D eigenvalue weighted by atomic mass is 16.6. The van der Waals surface area contributed by atoms with E-state index in [1.54, 1.807) is 25.6 Å². The van der Waals surface area contributed by atoms with Crippen LogP contribution in [0.3, 0.4) is 0 Å². The lowest BCUT2D eigenvalue weighted by atomic mass is 9.96. The molecule has 2 N–H and O–H groups in total. The van der Waals surface area contributed by atoms with Crippen LogP contribution in [0, 0.1) is 0 Å². The average molecular weight is 470 g/mol. The second-order valence-electron chi connectivity index (χ2n) is 8.55. The highest BCUT2D eigenvalue weighted by Gasteiger charge is 2.20. The molecule has 1 saturated heterocycles. The maximum Gasteiger partial charge on any atom is 0.251 e. The van der Waals surface area contributed by atoms with Crippen molar-refractivity contribution in [2.75, 3.05) is 32.1 Å². The van der Waals surface area contributed by atoms with Crippen molar-refractivity contribution in [1.29, 1.82) is 0 Å². The summed E-state index contributed by atoms with van der Waals surface area (Å²) in [4.78, 5) is 25.7. The smallest absolute Gasteiger partial charge is 0.251 e. The molecule has 8 heteroatoms. The number of aromatic nitrogens is 3. The molecule has 1 atom stereocenters. The summed E-state index contributed by atoms with van der Waals surface area (Å²) in [7, 11) is 1.63. The maximum atomic E-state index is 12.3. The van der Waals surface area contributed by atoms with Crippen LogP contribution in [0.4, 0.5) is 5.82 Å². The Hall–Kier alpha value is -4.04. The van der Waals surface area contributed by atoms with Gasteiger partial charge in [-0.15, -0.1) is 0 Å². The highest BCUT2D eigenvalue weighted by molar-refractivity contribution is 6.06. The minimum Gasteiger partial charge on any atom is -0.486 e. The summed E-state index contributed by atoms with van der Waals surface area (Å²) in [5, 5.41) is 6.97. The van der Waals surface area contributed by atoms with Gasteiger partial charge in [-0.25, -0.2) is 9.97 Å². The Morgan fingerprint density at radius 3 is 2.69 bits per heavy atom. The monoisotopic (exact) mass is 469 g/mol. The molecule has 2 aromatic carbocycles. The normalized spacial score (nSPS) is 14.2. The van der Waals surface area contributed by atoms with Gasteiger partial charge in [0.15, 0.2) is 0 Å². The number of ether oxygens (including phenoxy) is 2. The summed E-state index contributed by atoms with van der Waals surface area (Å²) in [5.74, 6) is 1.58. The van der Waals surface area contributed by atoms with Crippen molar-refractivity contribution in [3.8, 4) is 17.0 Å². The molecule has 1 amide bonds. The first-order valence-electron chi connectivity index (χ1n) is 11.6. The number of amides is 1. The van der Waals surface area contributed by atoms with Gasteiger partial charge in [0.1, 0.15) is 24.0 Å². The molecule has 0 spiro atoms. The molecule has 1 aliphatic heterocycles. The number of carbonyl (C=O) groups is 1. The molecular formula is C27H27N5O3. The molecule has 0 bridgehead atoms. The predicted molar refractivity (Wildman–Crippen MR) is 135 cm³/mol. The lowest BCUT2D eigenvalue weighted by Gasteiger charge is -2.26. The molecule has 4 aromatic rings. The number of nitrogens with zero attached hydrogens (tertiary/aromatic N) is 3. The van der Waals surface area contributed by atoms with Crippen molar-refractivity contribution in [3.63, 3.8) is 0 Å². The molecule has 5 rings (SSSR count). The summed E-state index contributed by atoms with van der Waals surface area (Å²) < 4.78 is 11.0. The van der Waals surface area contributed by atoms with Gasteiger partial charge in [-0.1, -0.05) is 25.1 Å². The Morgan fingerprint density at radius 1 is 1.11 bits per heavy atom. The minimum atomic E-state index is -0.120. The van der Waals surface area contributed by atoms with Gasteiger partial charge in [0, 0.05) is 42.7 Å². The molecule has 3 heterocycles. The number of pyridine rings is 1. The van der Waals surface area contributed by atoms with Crippen molar-refractivity contribution in [1.82, 2.24) is 20.3 Å². The van der Waals surface area contributed by atoms with E-state index >= 15 is 0 Å². The van der Waals surface area contributed by atoms with Crippen LogP contribution in [-0.2, 0) is 4.74 Å². The third-order valence-electron chi connectivity index (χ3n) is 6.12. The summed E-state index contributed by atoms with van der Waals surface area (Å²) in [6, 6.07) is 17.5. The van der Waals surface area contributed by atoms with E-state index in [2.05, 4.69) is 38.6 Å². The fourth-order valence-electron chi connectivity index (χ4n) is 4.09. The standard InChI is InChI=1S/C27H27N5O3/c1-17(21-4-3-5-22-23(27(33)28-2)10-11-29-26(21)22)13-30-25-12-24(31-16-32-25)18-6-8-19(9-7-18)35-20-14-34-15-20/h3-12,16-17,20H,13-15H2,1-2H3,(H,28,33)(H,30,31,32)/t17-/m1/s1. The SMILES string of the molecule is CNC(=O)c1ccnc2c([C@H](C)CNc3cc(-c4ccc(OC5COC5)cc4)ncn3)cccc12. The number of carbonyl (C=O) groups excluding carboxylic acids is 1. The number of anilines is 1. The number of nitrogens with one attached hydrogen (secondary N) is 2. The second kappa shape index (κ2) is 10.1. The third-order valence-corrected chi connectivity index (χ3v) is 6.12. The van der Waals surface area contributed by atoms with Gasteiger partial charge in [0.05, 0.1) is 30.0 Å². The van der Waals surface area contributed by atoms with Crippen LogP contribution in [0.15, 0.2) is 67.1 Å². The van der Waals surface area contributed by atoms with Crippen LogP contribution in [0.1, 0.15) is 28.8 Å². The summed E-state index contributed by atoms with van der Waals surface area (Å²) in [5.41, 5.74) is 4.35. The Balaban J connectivity index is 1.29. The van der Waals surface area contributed by atoms with E-state index in [0.717, 1.165) is 39.3 Å². The quantitative estimate of drug-likeness (QED) is 0.402. The zero-order valence-electron chi connectivity index (χ0n) is 19.7. The van der Waals surface area contributed by atoms with E-state index in [0.29, 0.717) is 25.3 Å². The van der Waals surface area contributed by atoms with Crippen LogP contribution in [0.25, 0.3) is 22.2 Å². The van der Waals surface area contributed by atoms with E-state index in [1.165, 1.54) is 0 Å². The van der Waals surface area contributed by atoms with Gasteiger partial charge in [-0.2, -0.15) is 0 Å². The van der Waals surface area contributed by atoms with E-state index in [1.807, 2.05) is 42.5 Å². The zero-order valence-corrected chi connectivity index (χ0v) is 19.7. The predicted octanol–water partition coefficient (Wildman–Crippen LogP) is 4.04. The van der Waals surface area contributed by atoms with Crippen LogP contribution in [0.5, 0.6) is 5.75 Å². The summed E-state index contributed by atoms with van der Waals surface area (Å²) in [6.07, 6.45) is 3.39. The number of benzene rings is 2. The largest absolute Gasteiger partial charge is 0.486 e. The molecule has 1 fully saturated rings. The van der Waals surface area contributed by atoms with Gasteiger partial charge in [-0.3, -0.25) is 9.78 Å². The fourth-order valence-corrected chi connectivity index (χ4v) is 4.09. The maximum absolute atomic E-state index is 12.3. The first-order valence-corrected chi connectivity index (χ1v) is 11.6. The number of fused-ring (bicyclic) bond motifs is 1. The molecule has 0 saturated carbocycles. The highest BCUT2D eigenvalue weighted by Crippen LogP contribution is 2.27. The molecule has 8 nitrogen and oxygen atoms in total. The van der Waals surface area contributed by atoms with E-state index < -0.39 is 0 Å². The molecule has 35 heavy (non-hydrogen) atoms. The fraction of sp³-hybridized carbons (Fsp3) is 0.259. The third kappa shape index (κ3) is 4.93. The van der Waals surface area contributed by atoms with Gasteiger partial charge in [-0.05, 0) is 35.9 Å². The molecule has 0 aliphatic carbocycles. The van der Waals surface area contributed by atoms with Crippen LogP contribution < -0.4 is 15.4 Å². The number of hydrogen-bond donors (Lipinski definition) is 2. The molecule has 0 radical (unpaired) electrons. The van der Waals surface area contributed by atoms with Crippen molar-refractivity contribution >= 4 is 22.6 Å². The lowest BCUT2D eigenvalue weighted by molar-refractivity contribution is -0.0796. The average Bonchev–Trinajstić information content (AvgIpc) is 2.88. The molecule has 178 valence electrons. The number of hydrogen-bond acceptors (Lipinski definition) is 7. The van der Waals surface area contributed by atoms with E-state index in [9.17, 15) is 4.79 Å². The van der Waals surface area contributed by atoms with Gasteiger partial charge in [0.25, 0.3) is 5.91 Å². The second-order valence-corrected chi connectivity index (χ2v) is 8.55. The van der Waals surface area contributed by atoms with Gasteiger partial charge < -0.3 is 20.1 Å². The van der Waals surface area contributed by atoms with Crippen molar-refractivity contribution in [3.05, 3.63) is 78.2 Å². The van der Waals surface area contributed by atoms with Crippen molar-refractivity contribution in [2.24, 2.45) is 0 Å². The first kappa shape index (κ1) is 22.7.